The average Bonchev–Trinajstić information content (AvgIpc) is 3.05. The Kier molecular flexibility index (Phi) is 8.44. The number of hydrogen-bond acceptors (Lipinski definition) is 5. The third kappa shape index (κ3) is 6.96. The monoisotopic (exact) mass is 403 g/mol. The van der Waals surface area contributed by atoms with Gasteiger partial charge in [-0.2, -0.15) is 0 Å². The van der Waals surface area contributed by atoms with Gasteiger partial charge in [0.1, 0.15) is 12.3 Å². The van der Waals surface area contributed by atoms with Crippen molar-refractivity contribution in [3.63, 3.8) is 0 Å². The maximum atomic E-state index is 12.9. The molecule has 1 N–H and O–H groups in total. The molecule has 0 aliphatic rings. The van der Waals surface area contributed by atoms with Crippen molar-refractivity contribution in [1.29, 1.82) is 0 Å². The highest BCUT2D eigenvalue weighted by molar-refractivity contribution is 7.15. The molecule has 0 unspecified atom stereocenters. The topological polar surface area (TPSA) is 71.5 Å². The van der Waals surface area contributed by atoms with Crippen LogP contribution in [0.4, 0.5) is 5.13 Å². The summed E-state index contributed by atoms with van der Waals surface area (Å²) in [5, 5.41) is 3.31. The van der Waals surface area contributed by atoms with Gasteiger partial charge < -0.3 is 15.0 Å². The molecule has 6 nitrogen and oxygen atoms in total. The van der Waals surface area contributed by atoms with E-state index in [2.05, 4.69) is 17.2 Å². The highest BCUT2D eigenvalue weighted by Crippen LogP contribution is 2.17. The predicted molar refractivity (Wildman–Crippen MR) is 113 cm³/mol. The number of aromatic nitrogens is 1. The number of unbranched alkanes of at least 4 members (excludes halogenated alkanes) is 1. The first-order valence-corrected chi connectivity index (χ1v) is 10.4. The molecular formula is C21H29N3O3S. The zero-order valence-electron chi connectivity index (χ0n) is 17.0. The number of carbonyl (C=O) groups excluding carboxylic acids is 2. The molecule has 0 aliphatic heterocycles. The lowest BCUT2D eigenvalue weighted by Crippen LogP contribution is -2.40. The number of nitrogens with one attached hydrogen (secondary N) is 1. The van der Waals surface area contributed by atoms with E-state index in [1.54, 1.807) is 35.4 Å². The summed E-state index contributed by atoms with van der Waals surface area (Å²) in [7, 11) is 0. The van der Waals surface area contributed by atoms with E-state index in [0.717, 1.165) is 23.5 Å². The highest BCUT2D eigenvalue weighted by Gasteiger charge is 2.20. The Bertz CT molecular complexity index is 771. The normalized spacial score (nSPS) is 10.8. The number of nitrogens with zero attached hydrogens (tertiary/aromatic N) is 2. The maximum Gasteiger partial charge on any atom is 0.254 e. The lowest BCUT2D eigenvalue weighted by atomic mass is 10.1. The van der Waals surface area contributed by atoms with Crippen LogP contribution in [-0.4, -0.2) is 41.4 Å². The third-order valence-corrected chi connectivity index (χ3v) is 4.77. The summed E-state index contributed by atoms with van der Waals surface area (Å²) in [5.41, 5.74) is 0.543. The van der Waals surface area contributed by atoms with Gasteiger partial charge >= 0.3 is 0 Å². The molecule has 0 fully saturated rings. The number of aryl methyl sites for hydroxylation is 1. The first kappa shape index (κ1) is 21.9. The van der Waals surface area contributed by atoms with Gasteiger partial charge in [-0.25, -0.2) is 4.98 Å². The van der Waals surface area contributed by atoms with E-state index in [1.807, 2.05) is 20.8 Å². The van der Waals surface area contributed by atoms with Gasteiger partial charge in [0.25, 0.3) is 5.91 Å². The Labute approximate surface area is 170 Å². The van der Waals surface area contributed by atoms with Crippen LogP contribution in [0.1, 0.15) is 48.8 Å². The van der Waals surface area contributed by atoms with Crippen molar-refractivity contribution in [1.82, 2.24) is 9.88 Å². The van der Waals surface area contributed by atoms with Crippen LogP contribution in [0.2, 0.25) is 0 Å². The molecule has 2 amide bonds. The average molecular weight is 404 g/mol. The van der Waals surface area contributed by atoms with Gasteiger partial charge in [-0.1, -0.05) is 27.2 Å². The van der Waals surface area contributed by atoms with Gasteiger partial charge in [-0.15, -0.1) is 11.3 Å². The second-order valence-electron chi connectivity index (χ2n) is 7.13. The van der Waals surface area contributed by atoms with Gasteiger partial charge in [0.2, 0.25) is 5.91 Å². The van der Waals surface area contributed by atoms with Crippen molar-refractivity contribution >= 4 is 28.3 Å². The van der Waals surface area contributed by atoms with E-state index >= 15 is 0 Å². The number of hydrogen-bond donors (Lipinski definition) is 1. The third-order valence-electron chi connectivity index (χ3n) is 3.94. The summed E-state index contributed by atoms with van der Waals surface area (Å²) in [6, 6.07) is 7.10. The summed E-state index contributed by atoms with van der Waals surface area (Å²) >= 11 is 1.41. The largest absolute Gasteiger partial charge is 0.494 e. The maximum absolute atomic E-state index is 12.9. The number of carbonyl (C=O) groups is 2. The molecule has 2 rings (SSSR count). The lowest BCUT2D eigenvalue weighted by molar-refractivity contribution is -0.117. The fraction of sp³-hybridized carbons (Fsp3) is 0.476. The molecule has 7 heteroatoms. The Morgan fingerprint density at radius 1 is 1.25 bits per heavy atom. The van der Waals surface area contributed by atoms with E-state index in [0.29, 0.717) is 23.8 Å². The Balaban J connectivity index is 2.02. The molecule has 1 heterocycles. The highest BCUT2D eigenvalue weighted by atomic mass is 32.1. The Hall–Kier alpha value is -2.41. The van der Waals surface area contributed by atoms with E-state index in [9.17, 15) is 9.59 Å². The van der Waals surface area contributed by atoms with E-state index < -0.39 is 0 Å². The number of amides is 2. The molecule has 0 saturated heterocycles. The van der Waals surface area contributed by atoms with Crippen molar-refractivity contribution in [2.24, 2.45) is 5.92 Å². The molecule has 1 aromatic carbocycles. The molecule has 2 aromatic rings. The van der Waals surface area contributed by atoms with E-state index in [4.69, 9.17) is 4.74 Å². The standard InChI is InChI=1S/C21H29N3O3S/c1-5-6-11-27-18-9-7-17(8-10-18)20(26)24(13-15(2)3)14-19(25)23-21-22-12-16(4)28-21/h7-10,12,15H,5-6,11,13-14H2,1-4H3,(H,22,23,25). The molecule has 1 aromatic heterocycles. The fourth-order valence-corrected chi connectivity index (χ4v) is 3.30. The minimum Gasteiger partial charge on any atom is -0.494 e. The minimum atomic E-state index is -0.247. The summed E-state index contributed by atoms with van der Waals surface area (Å²) in [5.74, 6) is 0.579. The van der Waals surface area contributed by atoms with Gasteiger partial charge in [-0.3, -0.25) is 9.59 Å². The van der Waals surface area contributed by atoms with Crippen LogP contribution >= 0.6 is 11.3 Å². The van der Waals surface area contributed by atoms with Gasteiger partial charge in [0.15, 0.2) is 5.13 Å². The molecule has 0 atom stereocenters. The smallest absolute Gasteiger partial charge is 0.254 e. The van der Waals surface area contributed by atoms with Crippen LogP contribution in [0.3, 0.4) is 0 Å². The molecule has 0 aliphatic carbocycles. The molecule has 0 radical (unpaired) electrons. The molecular weight excluding hydrogens is 374 g/mol. The number of rotatable bonds is 10. The number of ether oxygens (including phenoxy) is 1. The van der Waals surface area contributed by atoms with Crippen LogP contribution in [0, 0.1) is 12.8 Å². The number of anilines is 1. The Morgan fingerprint density at radius 3 is 2.54 bits per heavy atom. The van der Waals surface area contributed by atoms with Crippen molar-refractivity contribution in [3.05, 3.63) is 40.9 Å². The van der Waals surface area contributed by atoms with Crippen LogP contribution < -0.4 is 10.1 Å². The van der Waals surface area contributed by atoms with Crippen LogP contribution in [0.5, 0.6) is 5.75 Å². The zero-order chi connectivity index (χ0) is 20.5. The van der Waals surface area contributed by atoms with Crippen LogP contribution in [0.25, 0.3) is 0 Å². The van der Waals surface area contributed by atoms with E-state index in [1.165, 1.54) is 11.3 Å². The molecule has 152 valence electrons. The first-order chi connectivity index (χ1) is 13.4. The van der Waals surface area contributed by atoms with Crippen LogP contribution in [0.15, 0.2) is 30.5 Å². The summed E-state index contributed by atoms with van der Waals surface area (Å²) in [6.45, 7) is 9.24. The summed E-state index contributed by atoms with van der Waals surface area (Å²) in [4.78, 5) is 32.1. The van der Waals surface area contributed by atoms with Gasteiger partial charge in [-0.05, 0) is 43.5 Å². The zero-order valence-corrected chi connectivity index (χ0v) is 17.8. The molecule has 28 heavy (non-hydrogen) atoms. The number of thiazole rings is 1. The van der Waals surface area contributed by atoms with Crippen molar-refractivity contribution in [2.75, 3.05) is 25.0 Å². The summed E-state index contributed by atoms with van der Waals surface area (Å²) < 4.78 is 5.64. The van der Waals surface area contributed by atoms with Crippen LogP contribution in [-0.2, 0) is 4.79 Å². The summed E-state index contributed by atoms with van der Waals surface area (Å²) in [6.07, 6.45) is 3.78. The van der Waals surface area contributed by atoms with Gasteiger partial charge in [0.05, 0.1) is 6.61 Å². The molecule has 0 spiro atoms. The molecule has 0 bridgehead atoms. The van der Waals surface area contributed by atoms with Crippen molar-refractivity contribution in [3.8, 4) is 5.75 Å². The first-order valence-electron chi connectivity index (χ1n) is 9.63. The fourth-order valence-electron chi connectivity index (χ4n) is 2.62. The SMILES string of the molecule is CCCCOc1ccc(C(=O)N(CC(=O)Nc2ncc(C)s2)CC(C)C)cc1. The van der Waals surface area contributed by atoms with E-state index in [-0.39, 0.29) is 24.3 Å². The minimum absolute atomic E-state index is 0.00953. The van der Waals surface area contributed by atoms with Crippen molar-refractivity contribution < 1.29 is 14.3 Å². The second-order valence-corrected chi connectivity index (χ2v) is 8.36. The quantitative estimate of drug-likeness (QED) is 0.598. The van der Waals surface area contributed by atoms with Crippen molar-refractivity contribution in [2.45, 2.75) is 40.5 Å². The Morgan fingerprint density at radius 2 is 1.96 bits per heavy atom. The molecule has 0 saturated carbocycles. The second kappa shape index (κ2) is 10.8. The number of benzene rings is 1. The predicted octanol–water partition coefficient (Wildman–Crippen LogP) is 4.37. The van der Waals surface area contributed by atoms with Gasteiger partial charge in [0, 0.05) is 23.2 Å². The lowest BCUT2D eigenvalue weighted by Gasteiger charge is -2.24.